The molecule has 0 saturated carbocycles. The van der Waals surface area contributed by atoms with Crippen molar-refractivity contribution in [2.24, 2.45) is 0 Å². The summed E-state index contributed by atoms with van der Waals surface area (Å²) in [5.74, 6) is -0.423. The van der Waals surface area contributed by atoms with Gasteiger partial charge in [-0.1, -0.05) is 12.1 Å². The molecule has 0 fully saturated rings. The Morgan fingerprint density at radius 3 is 2.60 bits per heavy atom. The quantitative estimate of drug-likeness (QED) is 0.435. The lowest BCUT2D eigenvalue weighted by Gasteiger charge is -2.06. The summed E-state index contributed by atoms with van der Waals surface area (Å²) in [4.78, 5) is 10.9. The number of nitrogens with two attached hydrogens (primary N) is 2. The second-order valence-electron chi connectivity index (χ2n) is 3.16. The highest BCUT2D eigenvalue weighted by Gasteiger charge is 2.03. The fraction of sp³-hybridized carbons (Fsp3) is 0.182. The molecule has 80 valence electrons. The predicted octanol–water partition coefficient (Wildman–Crippen LogP) is 1.35. The van der Waals surface area contributed by atoms with Crippen molar-refractivity contribution in [2.45, 2.75) is 6.92 Å². The van der Waals surface area contributed by atoms with E-state index in [0.717, 1.165) is 5.56 Å². The van der Waals surface area contributed by atoms with Gasteiger partial charge in [0.05, 0.1) is 18.5 Å². The first-order valence-electron chi connectivity index (χ1n) is 4.47. The number of carbonyl (C=O) groups excluding carboxylic acids is 1. The van der Waals surface area contributed by atoms with Crippen molar-refractivity contribution in [3.8, 4) is 0 Å². The molecule has 15 heavy (non-hydrogen) atoms. The number of methoxy groups -OCH3 is 1. The standard InChI is InChI=1S/C11H14N2O2/c1-7-3-4-8(11(13)10(7)12)5-6-9(14)15-2/h3-6H,12-13H2,1-2H3/b6-5+. The molecular formula is C11H14N2O2. The number of hydrogen-bond acceptors (Lipinski definition) is 4. The van der Waals surface area contributed by atoms with Gasteiger partial charge in [0.15, 0.2) is 0 Å². The van der Waals surface area contributed by atoms with Gasteiger partial charge >= 0.3 is 5.97 Å². The summed E-state index contributed by atoms with van der Waals surface area (Å²) < 4.78 is 4.47. The van der Waals surface area contributed by atoms with Gasteiger partial charge in [0.25, 0.3) is 0 Å². The maximum atomic E-state index is 10.9. The average Bonchev–Trinajstić information content (AvgIpc) is 2.24. The first-order chi connectivity index (χ1) is 7.06. The Morgan fingerprint density at radius 1 is 1.33 bits per heavy atom. The van der Waals surface area contributed by atoms with Crippen LogP contribution in [0.3, 0.4) is 0 Å². The van der Waals surface area contributed by atoms with Gasteiger partial charge in [0.1, 0.15) is 0 Å². The average molecular weight is 206 g/mol. The summed E-state index contributed by atoms with van der Waals surface area (Å²) in [6.07, 6.45) is 2.89. The van der Waals surface area contributed by atoms with E-state index < -0.39 is 5.97 Å². The number of ether oxygens (including phenoxy) is 1. The van der Waals surface area contributed by atoms with Crippen LogP contribution in [0.2, 0.25) is 0 Å². The summed E-state index contributed by atoms with van der Waals surface area (Å²) in [6.45, 7) is 1.87. The third kappa shape index (κ3) is 2.49. The molecule has 1 aromatic rings. The minimum absolute atomic E-state index is 0.423. The van der Waals surface area contributed by atoms with E-state index in [0.29, 0.717) is 16.9 Å². The lowest BCUT2D eigenvalue weighted by atomic mass is 10.1. The Bertz CT molecular complexity index is 411. The highest BCUT2D eigenvalue weighted by Crippen LogP contribution is 2.24. The van der Waals surface area contributed by atoms with Crippen LogP contribution >= 0.6 is 0 Å². The van der Waals surface area contributed by atoms with Crippen molar-refractivity contribution < 1.29 is 9.53 Å². The zero-order valence-corrected chi connectivity index (χ0v) is 8.78. The first kappa shape index (κ1) is 11.1. The highest BCUT2D eigenvalue weighted by molar-refractivity contribution is 5.89. The molecule has 0 spiro atoms. The fourth-order valence-electron chi connectivity index (χ4n) is 1.13. The van der Waals surface area contributed by atoms with Gasteiger partial charge in [-0.25, -0.2) is 4.79 Å². The summed E-state index contributed by atoms with van der Waals surface area (Å²) >= 11 is 0. The van der Waals surface area contributed by atoms with Gasteiger partial charge in [-0.15, -0.1) is 0 Å². The third-order valence-electron chi connectivity index (χ3n) is 2.14. The molecule has 4 nitrogen and oxygen atoms in total. The van der Waals surface area contributed by atoms with E-state index in [1.165, 1.54) is 13.2 Å². The van der Waals surface area contributed by atoms with E-state index in [4.69, 9.17) is 11.5 Å². The van der Waals surface area contributed by atoms with Crippen LogP contribution < -0.4 is 11.5 Å². The molecular weight excluding hydrogens is 192 g/mol. The van der Waals surface area contributed by atoms with Crippen molar-refractivity contribution in [1.29, 1.82) is 0 Å². The van der Waals surface area contributed by atoms with E-state index in [-0.39, 0.29) is 0 Å². The number of rotatable bonds is 2. The first-order valence-corrected chi connectivity index (χ1v) is 4.47. The second kappa shape index (κ2) is 4.50. The zero-order chi connectivity index (χ0) is 11.4. The molecule has 0 aliphatic heterocycles. The van der Waals surface area contributed by atoms with Crippen molar-refractivity contribution in [1.82, 2.24) is 0 Å². The summed E-state index contributed by atoms with van der Waals surface area (Å²) in [6, 6.07) is 3.66. The number of esters is 1. The number of nitrogen functional groups attached to an aromatic ring is 2. The molecule has 0 radical (unpaired) electrons. The Labute approximate surface area is 88.5 Å². The SMILES string of the molecule is COC(=O)/C=C/c1ccc(C)c(N)c1N. The number of aryl methyl sites for hydroxylation is 1. The molecule has 0 atom stereocenters. The number of hydrogen-bond donors (Lipinski definition) is 2. The molecule has 0 unspecified atom stereocenters. The van der Waals surface area contributed by atoms with Gasteiger partial charge in [-0.05, 0) is 24.1 Å². The highest BCUT2D eigenvalue weighted by atomic mass is 16.5. The zero-order valence-electron chi connectivity index (χ0n) is 8.78. The molecule has 0 bridgehead atoms. The smallest absolute Gasteiger partial charge is 0.330 e. The minimum atomic E-state index is -0.423. The topological polar surface area (TPSA) is 78.3 Å². The molecule has 0 aliphatic carbocycles. The van der Waals surface area contributed by atoms with Crippen molar-refractivity contribution in [2.75, 3.05) is 18.6 Å². The van der Waals surface area contributed by atoms with Gasteiger partial charge in [-0.3, -0.25) is 0 Å². The molecule has 4 heteroatoms. The van der Waals surface area contributed by atoms with Gasteiger partial charge in [-0.2, -0.15) is 0 Å². The maximum Gasteiger partial charge on any atom is 0.330 e. The van der Waals surface area contributed by atoms with Crippen LogP contribution in [-0.4, -0.2) is 13.1 Å². The van der Waals surface area contributed by atoms with E-state index in [1.54, 1.807) is 12.1 Å². The lowest BCUT2D eigenvalue weighted by molar-refractivity contribution is -0.134. The monoisotopic (exact) mass is 206 g/mol. The maximum absolute atomic E-state index is 10.9. The van der Waals surface area contributed by atoms with Crippen LogP contribution in [0.15, 0.2) is 18.2 Å². The largest absolute Gasteiger partial charge is 0.466 e. The third-order valence-corrected chi connectivity index (χ3v) is 2.14. The second-order valence-corrected chi connectivity index (χ2v) is 3.16. The van der Waals surface area contributed by atoms with Crippen LogP contribution in [0.1, 0.15) is 11.1 Å². The van der Waals surface area contributed by atoms with Gasteiger partial charge in [0.2, 0.25) is 0 Å². The van der Waals surface area contributed by atoms with E-state index in [2.05, 4.69) is 4.74 Å². The Kier molecular flexibility index (Phi) is 3.33. The number of anilines is 2. The Morgan fingerprint density at radius 2 is 2.00 bits per heavy atom. The Hall–Kier alpha value is -1.97. The summed E-state index contributed by atoms with van der Waals surface area (Å²) in [7, 11) is 1.32. The van der Waals surface area contributed by atoms with Gasteiger partial charge in [0, 0.05) is 6.08 Å². The fourth-order valence-corrected chi connectivity index (χ4v) is 1.13. The van der Waals surface area contributed by atoms with Crippen LogP contribution in [0.5, 0.6) is 0 Å². The molecule has 1 aromatic carbocycles. The van der Waals surface area contributed by atoms with Crippen molar-refractivity contribution >= 4 is 23.4 Å². The van der Waals surface area contributed by atoms with Gasteiger partial charge < -0.3 is 16.2 Å². The number of benzene rings is 1. The lowest BCUT2D eigenvalue weighted by Crippen LogP contribution is -2.00. The van der Waals surface area contributed by atoms with Crippen molar-refractivity contribution in [3.63, 3.8) is 0 Å². The van der Waals surface area contributed by atoms with Crippen molar-refractivity contribution in [3.05, 3.63) is 29.3 Å². The molecule has 0 amide bonds. The minimum Gasteiger partial charge on any atom is -0.466 e. The predicted molar refractivity (Wildman–Crippen MR) is 61.1 cm³/mol. The summed E-state index contributed by atoms with van der Waals surface area (Å²) in [5, 5.41) is 0. The van der Waals surface area contributed by atoms with E-state index in [9.17, 15) is 4.79 Å². The number of carbonyl (C=O) groups is 1. The molecule has 0 aromatic heterocycles. The normalized spacial score (nSPS) is 10.5. The molecule has 4 N–H and O–H groups in total. The van der Waals surface area contributed by atoms with Crippen LogP contribution in [0, 0.1) is 6.92 Å². The Balaban J connectivity index is 3.02. The van der Waals surface area contributed by atoms with E-state index >= 15 is 0 Å². The van der Waals surface area contributed by atoms with E-state index in [1.807, 2.05) is 13.0 Å². The van der Waals surface area contributed by atoms with Crippen LogP contribution in [-0.2, 0) is 9.53 Å². The van der Waals surface area contributed by atoms with Crippen LogP contribution in [0.4, 0.5) is 11.4 Å². The molecule has 0 heterocycles. The van der Waals surface area contributed by atoms with Crippen LogP contribution in [0.25, 0.3) is 6.08 Å². The summed E-state index contributed by atoms with van der Waals surface area (Å²) in [5.41, 5.74) is 14.2. The molecule has 0 saturated heterocycles. The molecule has 1 rings (SSSR count). The molecule has 0 aliphatic rings.